The lowest BCUT2D eigenvalue weighted by atomic mass is 9.84. The van der Waals surface area contributed by atoms with Crippen molar-refractivity contribution in [2.45, 2.75) is 25.8 Å². The maximum absolute atomic E-state index is 12.3. The molecule has 25 heavy (non-hydrogen) atoms. The molecule has 1 amide bonds. The molecule has 0 atom stereocenters. The maximum Gasteiger partial charge on any atom is 0.420 e. The van der Waals surface area contributed by atoms with Gasteiger partial charge in [-0.25, -0.2) is 4.79 Å². The molecule has 1 heterocycles. The van der Waals surface area contributed by atoms with E-state index in [-0.39, 0.29) is 17.9 Å². The van der Waals surface area contributed by atoms with Gasteiger partial charge in [0, 0.05) is 17.0 Å². The SMILES string of the molecule is CC(C)(CNC(=O)Cn1c(=O)oc2ccccc21)c1ccc(Cl)cc1. The molecule has 0 saturated heterocycles. The molecule has 1 aromatic heterocycles. The lowest BCUT2D eigenvalue weighted by Crippen LogP contribution is -2.39. The highest BCUT2D eigenvalue weighted by Gasteiger charge is 2.22. The van der Waals surface area contributed by atoms with Crippen molar-refractivity contribution in [3.05, 3.63) is 69.7 Å². The van der Waals surface area contributed by atoms with Gasteiger partial charge in [0.05, 0.1) is 5.52 Å². The number of amides is 1. The first kappa shape index (κ1) is 17.3. The van der Waals surface area contributed by atoms with E-state index < -0.39 is 5.76 Å². The summed E-state index contributed by atoms with van der Waals surface area (Å²) in [5.74, 6) is -0.774. The lowest BCUT2D eigenvalue weighted by molar-refractivity contribution is -0.121. The second kappa shape index (κ2) is 6.76. The third kappa shape index (κ3) is 3.77. The topological polar surface area (TPSA) is 64.2 Å². The molecule has 0 aliphatic heterocycles. The number of halogens is 1. The van der Waals surface area contributed by atoms with Crippen LogP contribution in [0.4, 0.5) is 0 Å². The molecule has 0 saturated carbocycles. The van der Waals surface area contributed by atoms with E-state index in [1.165, 1.54) is 4.57 Å². The van der Waals surface area contributed by atoms with E-state index in [4.69, 9.17) is 16.0 Å². The Labute approximate surface area is 150 Å². The standard InChI is InChI=1S/C19H19ClN2O3/c1-19(2,13-7-9-14(20)10-8-13)12-21-17(23)11-22-15-5-3-4-6-16(15)25-18(22)24/h3-10H,11-12H2,1-2H3,(H,21,23). The number of aromatic nitrogens is 1. The van der Waals surface area contributed by atoms with Crippen molar-refractivity contribution in [1.29, 1.82) is 0 Å². The van der Waals surface area contributed by atoms with E-state index in [9.17, 15) is 9.59 Å². The quantitative estimate of drug-likeness (QED) is 0.760. The Morgan fingerprint density at radius 1 is 1.16 bits per heavy atom. The molecular formula is C19H19ClN2O3. The molecule has 0 spiro atoms. The Hall–Kier alpha value is -2.53. The molecule has 0 fully saturated rings. The number of nitrogens with zero attached hydrogens (tertiary/aromatic N) is 1. The molecule has 130 valence electrons. The number of hydrogen-bond donors (Lipinski definition) is 1. The first-order chi connectivity index (χ1) is 11.9. The molecule has 3 rings (SSSR count). The van der Waals surface area contributed by atoms with E-state index in [2.05, 4.69) is 5.32 Å². The Kier molecular flexibility index (Phi) is 4.68. The number of para-hydroxylation sites is 2. The summed E-state index contributed by atoms with van der Waals surface area (Å²) in [6.07, 6.45) is 0. The number of carbonyl (C=O) groups excluding carboxylic acids is 1. The van der Waals surface area contributed by atoms with Gasteiger partial charge < -0.3 is 9.73 Å². The van der Waals surface area contributed by atoms with Crippen LogP contribution in [0.2, 0.25) is 5.02 Å². The molecule has 0 aliphatic rings. The molecule has 0 radical (unpaired) electrons. The van der Waals surface area contributed by atoms with Crippen LogP contribution in [0.3, 0.4) is 0 Å². The van der Waals surface area contributed by atoms with E-state index >= 15 is 0 Å². The molecular weight excluding hydrogens is 340 g/mol. The summed E-state index contributed by atoms with van der Waals surface area (Å²) in [6.45, 7) is 4.44. The number of oxazole rings is 1. The highest BCUT2D eigenvalue weighted by atomic mass is 35.5. The van der Waals surface area contributed by atoms with Crippen LogP contribution in [0.5, 0.6) is 0 Å². The van der Waals surface area contributed by atoms with Crippen LogP contribution in [0.15, 0.2) is 57.7 Å². The Balaban J connectivity index is 1.69. The first-order valence-electron chi connectivity index (χ1n) is 7.98. The summed E-state index contributed by atoms with van der Waals surface area (Å²) in [5.41, 5.74) is 1.90. The summed E-state index contributed by atoms with van der Waals surface area (Å²) < 4.78 is 6.47. The van der Waals surface area contributed by atoms with E-state index in [0.29, 0.717) is 22.7 Å². The second-order valence-electron chi connectivity index (χ2n) is 6.59. The molecule has 0 unspecified atom stereocenters. The van der Waals surface area contributed by atoms with Crippen LogP contribution < -0.4 is 11.1 Å². The van der Waals surface area contributed by atoms with Crippen molar-refractivity contribution in [2.24, 2.45) is 0 Å². The number of fused-ring (bicyclic) bond motifs is 1. The number of carbonyl (C=O) groups is 1. The fourth-order valence-electron chi connectivity index (χ4n) is 2.69. The van der Waals surface area contributed by atoms with Crippen LogP contribution in [0, 0.1) is 0 Å². The van der Waals surface area contributed by atoms with Gasteiger partial charge in [-0.3, -0.25) is 9.36 Å². The Bertz CT molecular complexity index is 955. The normalized spacial score (nSPS) is 11.6. The molecule has 1 N–H and O–H groups in total. The number of hydrogen-bond acceptors (Lipinski definition) is 3. The predicted molar refractivity (Wildman–Crippen MR) is 98.0 cm³/mol. The van der Waals surface area contributed by atoms with E-state index in [1.807, 2.05) is 38.1 Å². The van der Waals surface area contributed by atoms with Crippen LogP contribution >= 0.6 is 11.6 Å². The smallest absolute Gasteiger partial charge is 0.408 e. The van der Waals surface area contributed by atoms with Crippen molar-refractivity contribution in [1.82, 2.24) is 9.88 Å². The van der Waals surface area contributed by atoms with Crippen molar-refractivity contribution >= 4 is 28.6 Å². The largest absolute Gasteiger partial charge is 0.420 e. The minimum atomic E-state index is -0.534. The van der Waals surface area contributed by atoms with Crippen molar-refractivity contribution in [2.75, 3.05) is 6.54 Å². The maximum atomic E-state index is 12.3. The molecule has 3 aromatic rings. The van der Waals surface area contributed by atoms with Gasteiger partial charge in [0.1, 0.15) is 6.54 Å². The average molecular weight is 359 g/mol. The van der Waals surface area contributed by atoms with E-state index in [0.717, 1.165) is 5.56 Å². The van der Waals surface area contributed by atoms with Crippen LogP contribution in [-0.2, 0) is 16.8 Å². The summed E-state index contributed by atoms with van der Waals surface area (Å²) in [5, 5.41) is 3.57. The van der Waals surface area contributed by atoms with Gasteiger partial charge >= 0.3 is 5.76 Å². The highest BCUT2D eigenvalue weighted by molar-refractivity contribution is 6.30. The molecule has 2 aromatic carbocycles. The average Bonchev–Trinajstić information content (AvgIpc) is 2.89. The summed E-state index contributed by atoms with van der Waals surface area (Å²) in [4.78, 5) is 24.2. The van der Waals surface area contributed by atoms with Gasteiger partial charge in [-0.2, -0.15) is 0 Å². The summed E-state index contributed by atoms with van der Waals surface area (Å²) in [6, 6.07) is 14.6. The van der Waals surface area contributed by atoms with Crippen LogP contribution in [-0.4, -0.2) is 17.0 Å². The van der Waals surface area contributed by atoms with Crippen LogP contribution in [0.1, 0.15) is 19.4 Å². The van der Waals surface area contributed by atoms with Crippen molar-refractivity contribution in [3.8, 4) is 0 Å². The third-order valence-corrected chi connectivity index (χ3v) is 4.48. The van der Waals surface area contributed by atoms with Crippen LogP contribution in [0.25, 0.3) is 11.1 Å². The van der Waals surface area contributed by atoms with Gasteiger partial charge in [-0.15, -0.1) is 0 Å². The summed E-state index contributed by atoms with van der Waals surface area (Å²) in [7, 11) is 0. The predicted octanol–water partition coefficient (Wildman–Crippen LogP) is 3.34. The van der Waals surface area contributed by atoms with Gasteiger partial charge in [0.2, 0.25) is 5.91 Å². The lowest BCUT2D eigenvalue weighted by Gasteiger charge is -2.25. The minimum Gasteiger partial charge on any atom is -0.408 e. The van der Waals surface area contributed by atoms with Gasteiger partial charge in [-0.05, 0) is 29.8 Å². The molecule has 5 nitrogen and oxygen atoms in total. The highest BCUT2D eigenvalue weighted by Crippen LogP contribution is 2.23. The third-order valence-electron chi connectivity index (χ3n) is 4.23. The zero-order valence-corrected chi connectivity index (χ0v) is 14.8. The van der Waals surface area contributed by atoms with Gasteiger partial charge in [0.25, 0.3) is 0 Å². The van der Waals surface area contributed by atoms with E-state index in [1.54, 1.807) is 24.3 Å². The summed E-state index contributed by atoms with van der Waals surface area (Å²) >= 11 is 5.92. The Morgan fingerprint density at radius 3 is 2.56 bits per heavy atom. The first-order valence-corrected chi connectivity index (χ1v) is 8.36. The minimum absolute atomic E-state index is 0.0768. The molecule has 0 bridgehead atoms. The zero-order valence-electron chi connectivity index (χ0n) is 14.1. The number of nitrogens with one attached hydrogen (secondary N) is 1. The van der Waals surface area contributed by atoms with Crippen molar-refractivity contribution < 1.29 is 9.21 Å². The fourth-order valence-corrected chi connectivity index (χ4v) is 2.81. The van der Waals surface area contributed by atoms with Gasteiger partial charge in [-0.1, -0.05) is 49.7 Å². The van der Waals surface area contributed by atoms with Gasteiger partial charge in [0.15, 0.2) is 5.58 Å². The number of rotatable bonds is 5. The zero-order chi connectivity index (χ0) is 18.0. The fraction of sp³-hybridized carbons (Fsp3) is 0.263. The monoisotopic (exact) mass is 358 g/mol. The molecule has 6 heteroatoms. The van der Waals surface area contributed by atoms with Crippen molar-refractivity contribution in [3.63, 3.8) is 0 Å². The number of benzene rings is 2. The Morgan fingerprint density at radius 2 is 1.84 bits per heavy atom. The molecule has 0 aliphatic carbocycles. The second-order valence-corrected chi connectivity index (χ2v) is 7.03.